The number of fused-ring (bicyclic) bond motifs is 1. The van der Waals surface area contributed by atoms with Gasteiger partial charge in [-0.25, -0.2) is 17.9 Å². The Hall–Kier alpha value is -1.51. The first-order valence-electron chi connectivity index (χ1n) is 4.92. The van der Waals surface area contributed by atoms with Crippen LogP contribution in [-0.2, 0) is 10.0 Å². The predicted molar refractivity (Wildman–Crippen MR) is 61.0 cm³/mol. The molecular weight excluding hydrogens is 246 g/mol. The van der Waals surface area contributed by atoms with Gasteiger partial charge in [-0.3, -0.25) is 0 Å². The van der Waals surface area contributed by atoms with Gasteiger partial charge in [-0.2, -0.15) is 4.99 Å². The van der Waals surface area contributed by atoms with E-state index in [9.17, 15) is 13.2 Å². The molecule has 0 saturated heterocycles. The van der Waals surface area contributed by atoms with E-state index in [1.807, 2.05) is 0 Å². The van der Waals surface area contributed by atoms with Crippen LogP contribution in [0.25, 0.3) is 0 Å². The molecule has 1 unspecified atom stereocenters. The summed E-state index contributed by atoms with van der Waals surface area (Å²) in [4.78, 5) is 14.6. The zero-order chi connectivity index (χ0) is 12.5. The number of rotatable bonds is 4. The number of amides is 2. The molecule has 17 heavy (non-hydrogen) atoms. The van der Waals surface area contributed by atoms with Crippen LogP contribution in [0.3, 0.4) is 0 Å². The van der Waals surface area contributed by atoms with Crippen molar-refractivity contribution in [1.29, 1.82) is 0 Å². The Bertz CT molecular complexity index is 532. The number of nitrogens with one attached hydrogen (secondary N) is 2. The fourth-order valence-corrected chi connectivity index (χ4v) is 2.68. The van der Waals surface area contributed by atoms with Gasteiger partial charge >= 0.3 is 6.03 Å². The summed E-state index contributed by atoms with van der Waals surface area (Å²) in [5.41, 5.74) is 0.834. The molecule has 7 nitrogen and oxygen atoms in total. The lowest BCUT2D eigenvalue weighted by Crippen LogP contribution is -2.36. The lowest BCUT2D eigenvalue weighted by atomic mass is 10.1. The van der Waals surface area contributed by atoms with E-state index in [0.29, 0.717) is 11.4 Å². The summed E-state index contributed by atoms with van der Waals surface area (Å²) in [7, 11) is -3.58. The van der Waals surface area contributed by atoms with E-state index in [2.05, 4.69) is 15.0 Å². The number of hydrogen-bond donors (Lipinski definition) is 3. The molecule has 0 spiro atoms. The third-order valence-corrected chi connectivity index (χ3v) is 3.90. The number of carbonyl (C=O) groups excluding carboxylic acids is 1. The van der Waals surface area contributed by atoms with Gasteiger partial charge in [0.15, 0.2) is 0 Å². The molecule has 92 valence electrons. The van der Waals surface area contributed by atoms with Crippen molar-refractivity contribution >= 4 is 21.8 Å². The summed E-state index contributed by atoms with van der Waals surface area (Å²) in [5, 5.41) is 10.1. The lowest BCUT2D eigenvalue weighted by Gasteiger charge is -2.15. The molecule has 1 aliphatic carbocycles. The molecule has 0 saturated carbocycles. The number of hydrogen-bond acceptors (Lipinski definition) is 4. The number of aliphatic imine (C=N–C) groups is 1. The number of allylic oxidation sites excluding steroid dienone is 1. The van der Waals surface area contributed by atoms with Crippen LogP contribution in [0.5, 0.6) is 0 Å². The van der Waals surface area contributed by atoms with E-state index in [1.54, 1.807) is 0 Å². The second-order valence-electron chi connectivity index (χ2n) is 3.49. The van der Waals surface area contributed by atoms with Crippen LogP contribution < -0.4 is 10.0 Å². The van der Waals surface area contributed by atoms with E-state index < -0.39 is 21.3 Å². The molecule has 1 atom stereocenters. The molecule has 0 fully saturated rings. The second kappa shape index (κ2) is 4.40. The van der Waals surface area contributed by atoms with Crippen LogP contribution >= 0.6 is 0 Å². The minimum atomic E-state index is -3.58. The van der Waals surface area contributed by atoms with Gasteiger partial charge in [0.1, 0.15) is 5.25 Å². The summed E-state index contributed by atoms with van der Waals surface area (Å²) < 4.78 is 25.7. The Kier molecular flexibility index (Phi) is 3.09. The zero-order valence-corrected chi connectivity index (χ0v) is 9.57. The average Bonchev–Trinajstić information content (AvgIpc) is 2.65. The van der Waals surface area contributed by atoms with Crippen molar-refractivity contribution in [3.8, 4) is 0 Å². The maximum absolute atomic E-state index is 11.7. The van der Waals surface area contributed by atoms with Crippen molar-refractivity contribution in [3.05, 3.63) is 23.9 Å². The topological polar surface area (TPSA) is 108 Å². The van der Waals surface area contributed by atoms with Crippen molar-refractivity contribution in [2.45, 2.75) is 5.25 Å². The molecule has 1 heterocycles. The molecule has 2 aliphatic rings. The van der Waals surface area contributed by atoms with Crippen LogP contribution in [0, 0.1) is 0 Å². The number of urea groups is 1. The summed E-state index contributed by atoms with van der Waals surface area (Å²) in [6.45, 7) is -0.307. The van der Waals surface area contributed by atoms with Gasteiger partial charge in [-0.05, 0) is 12.2 Å². The highest BCUT2D eigenvalue weighted by molar-refractivity contribution is 7.90. The van der Waals surface area contributed by atoms with Gasteiger partial charge < -0.3 is 10.4 Å². The quantitative estimate of drug-likeness (QED) is 0.593. The highest BCUT2D eigenvalue weighted by Crippen LogP contribution is 2.16. The Morgan fingerprint density at radius 3 is 3.00 bits per heavy atom. The molecule has 1 aliphatic heterocycles. The highest BCUT2D eigenvalue weighted by atomic mass is 32.2. The highest BCUT2D eigenvalue weighted by Gasteiger charge is 2.28. The largest absolute Gasteiger partial charge is 0.395 e. The van der Waals surface area contributed by atoms with Crippen LogP contribution in [-0.4, -0.2) is 43.7 Å². The van der Waals surface area contributed by atoms with Crippen LogP contribution in [0.4, 0.5) is 4.79 Å². The number of sulfonamides is 1. The zero-order valence-electron chi connectivity index (χ0n) is 8.75. The predicted octanol–water partition coefficient (Wildman–Crippen LogP) is -1.12. The van der Waals surface area contributed by atoms with Crippen molar-refractivity contribution in [2.24, 2.45) is 4.99 Å². The molecule has 3 N–H and O–H groups in total. The van der Waals surface area contributed by atoms with Gasteiger partial charge in [-0.15, -0.1) is 0 Å². The first-order chi connectivity index (χ1) is 8.03. The number of aliphatic hydroxyl groups is 1. The van der Waals surface area contributed by atoms with Crippen LogP contribution in [0.2, 0.25) is 0 Å². The maximum atomic E-state index is 11.7. The minimum Gasteiger partial charge on any atom is -0.395 e. The third-order valence-electron chi connectivity index (χ3n) is 2.29. The van der Waals surface area contributed by atoms with E-state index in [0.717, 1.165) is 0 Å². The Balaban J connectivity index is 2.19. The molecule has 0 aromatic rings. The van der Waals surface area contributed by atoms with Gasteiger partial charge in [0.2, 0.25) is 10.0 Å². The van der Waals surface area contributed by atoms with E-state index in [-0.39, 0.29) is 13.2 Å². The Morgan fingerprint density at radius 1 is 1.53 bits per heavy atom. The van der Waals surface area contributed by atoms with E-state index in [1.165, 1.54) is 18.2 Å². The molecule has 2 amide bonds. The van der Waals surface area contributed by atoms with Gasteiger partial charge in [0, 0.05) is 6.54 Å². The SMILES string of the molecule is O=C1N=C2C=CC(S(=O)(=O)NCCO)C=C2N1. The summed E-state index contributed by atoms with van der Waals surface area (Å²) in [6, 6.07) is -0.503. The normalized spacial score (nSPS) is 22.9. The smallest absolute Gasteiger partial charge is 0.346 e. The fourth-order valence-electron chi connectivity index (χ4n) is 1.51. The number of aliphatic hydroxyl groups excluding tert-OH is 1. The molecule has 0 bridgehead atoms. The van der Waals surface area contributed by atoms with Crippen molar-refractivity contribution < 1.29 is 18.3 Å². The molecule has 8 heteroatoms. The van der Waals surface area contributed by atoms with E-state index >= 15 is 0 Å². The molecular formula is C9H11N3O4S. The second-order valence-corrected chi connectivity index (χ2v) is 5.42. The molecule has 2 rings (SSSR count). The number of nitrogens with zero attached hydrogens (tertiary/aromatic N) is 1. The number of carbonyl (C=O) groups is 1. The van der Waals surface area contributed by atoms with E-state index in [4.69, 9.17) is 5.11 Å². The third kappa shape index (κ3) is 2.43. The average molecular weight is 257 g/mol. The van der Waals surface area contributed by atoms with Gasteiger partial charge in [0.25, 0.3) is 0 Å². The van der Waals surface area contributed by atoms with Crippen molar-refractivity contribution in [1.82, 2.24) is 10.0 Å². The first kappa shape index (κ1) is 12.0. The first-order valence-corrected chi connectivity index (χ1v) is 6.47. The lowest BCUT2D eigenvalue weighted by molar-refractivity contribution is 0.253. The molecule has 0 radical (unpaired) electrons. The molecule has 0 aromatic heterocycles. The summed E-state index contributed by atoms with van der Waals surface area (Å²) in [6.07, 6.45) is 4.32. The fraction of sp³-hybridized carbons (Fsp3) is 0.333. The van der Waals surface area contributed by atoms with Crippen molar-refractivity contribution in [3.63, 3.8) is 0 Å². The summed E-state index contributed by atoms with van der Waals surface area (Å²) in [5.74, 6) is 0. The monoisotopic (exact) mass is 257 g/mol. The minimum absolute atomic E-state index is 0.0385. The Labute approximate surface area is 98.0 Å². The Morgan fingerprint density at radius 2 is 2.29 bits per heavy atom. The maximum Gasteiger partial charge on any atom is 0.346 e. The van der Waals surface area contributed by atoms with Crippen LogP contribution in [0.15, 0.2) is 28.9 Å². The van der Waals surface area contributed by atoms with Gasteiger partial charge in [0.05, 0.1) is 18.0 Å². The summed E-state index contributed by atoms with van der Waals surface area (Å²) >= 11 is 0. The standard InChI is InChI=1S/C9H11N3O4S/c13-4-3-10-17(15,16)6-1-2-7-8(5-6)12-9(14)11-7/h1-2,5-6,10,13H,3-4H2,(H,12,14). The van der Waals surface area contributed by atoms with Crippen LogP contribution in [0.1, 0.15) is 0 Å². The van der Waals surface area contributed by atoms with Gasteiger partial charge in [-0.1, -0.05) is 6.08 Å². The molecule has 0 aromatic carbocycles. The van der Waals surface area contributed by atoms with Crippen molar-refractivity contribution in [2.75, 3.05) is 13.2 Å².